The minimum absolute atomic E-state index is 0.391. The molecule has 2 N–H and O–H groups in total. The van der Waals surface area contributed by atoms with Crippen molar-refractivity contribution >= 4 is 17.8 Å². The molecule has 1 rings (SSSR count). The first-order valence-electron chi connectivity index (χ1n) is 8.27. The summed E-state index contributed by atoms with van der Waals surface area (Å²) in [6.45, 7) is 6.49. The van der Waals surface area contributed by atoms with Gasteiger partial charge in [0, 0.05) is 27.3 Å². The molecule has 0 saturated heterocycles. The van der Waals surface area contributed by atoms with Crippen molar-refractivity contribution in [1.82, 2.24) is 15.0 Å². The molecule has 23 heavy (non-hydrogen) atoms. The van der Waals surface area contributed by atoms with E-state index in [1.54, 1.807) is 14.1 Å². The molecule has 0 saturated carbocycles. The number of aromatic nitrogens is 3. The van der Waals surface area contributed by atoms with Crippen LogP contribution in [0, 0.1) is 0 Å². The highest BCUT2D eigenvalue weighted by Gasteiger charge is 2.13. The van der Waals surface area contributed by atoms with Gasteiger partial charge in [0.15, 0.2) is 0 Å². The third-order valence-electron chi connectivity index (χ3n) is 3.13. The summed E-state index contributed by atoms with van der Waals surface area (Å²) in [5, 5.41) is 5.88. The molecule has 0 fully saturated rings. The average Bonchev–Trinajstić information content (AvgIpc) is 2.59. The van der Waals surface area contributed by atoms with Gasteiger partial charge in [-0.25, -0.2) is 0 Å². The molecule has 0 bridgehead atoms. The molecule has 1 aromatic heterocycles. The van der Waals surface area contributed by atoms with E-state index in [0.29, 0.717) is 44.5 Å². The Hall–Kier alpha value is -1.67. The molecule has 0 unspecified atom stereocenters. The Morgan fingerprint density at radius 2 is 1.30 bits per heavy atom. The zero-order chi connectivity index (χ0) is 16.9. The number of ether oxygens (including phenoxy) is 2. The predicted molar refractivity (Wildman–Crippen MR) is 92.9 cm³/mol. The van der Waals surface area contributed by atoms with E-state index in [1.807, 2.05) is 4.90 Å². The second-order valence-electron chi connectivity index (χ2n) is 5.10. The van der Waals surface area contributed by atoms with Gasteiger partial charge < -0.3 is 20.1 Å². The highest BCUT2D eigenvalue weighted by atomic mass is 16.5. The van der Waals surface area contributed by atoms with E-state index in [0.717, 1.165) is 25.7 Å². The van der Waals surface area contributed by atoms with Crippen LogP contribution < -0.4 is 15.5 Å². The van der Waals surface area contributed by atoms with Gasteiger partial charge in [-0.05, 0) is 12.8 Å². The van der Waals surface area contributed by atoms with Gasteiger partial charge >= 0.3 is 0 Å². The van der Waals surface area contributed by atoms with Gasteiger partial charge in [0.25, 0.3) is 0 Å². The van der Waals surface area contributed by atoms with Gasteiger partial charge in [-0.1, -0.05) is 26.7 Å². The average molecular weight is 326 g/mol. The number of anilines is 3. The van der Waals surface area contributed by atoms with Gasteiger partial charge in [0.2, 0.25) is 17.8 Å². The summed E-state index contributed by atoms with van der Waals surface area (Å²) in [5.74, 6) is 1.54. The monoisotopic (exact) mass is 326 g/mol. The predicted octanol–water partition coefficient (Wildman–Crippen LogP) is 2.31. The summed E-state index contributed by atoms with van der Waals surface area (Å²) >= 11 is 0. The number of nitrogens with zero attached hydrogens (tertiary/aromatic N) is 4. The first kappa shape index (κ1) is 19.4. The van der Waals surface area contributed by atoms with Crippen LogP contribution in [0.5, 0.6) is 0 Å². The second kappa shape index (κ2) is 11.8. The highest BCUT2D eigenvalue weighted by molar-refractivity contribution is 5.42. The zero-order valence-electron chi connectivity index (χ0n) is 14.8. The Balaban J connectivity index is 2.75. The summed E-state index contributed by atoms with van der Waals surface area (Å²) in [4.78, 5) is 14.9. The summed E-state index contributed by atoms with van der Waals surface area (Å²) < 4.78 is 11.4. The van der Waals surface area contributed by atoms with Crippen LogP contribution in [0.3, 0.4) is 0 Å². The van der Waals surface area contributed by atoms with Crippen molar-refractivity contribution in [1.29, 1.82) is 0 Å². The zero-order valence-corrected chi connectivity index (χ0v) is 14.8. The van der Waals surface area contributed by atoms with Gasteiger partial charge in [-0.3, -0.25) is 4.90 Å². The second-order valence-corrected chi connectivity index (χ2v) is 5.10. The Morgan fingerprint density at radius 1 is 0.826 bits per heavy atom. The number of hydrogen-bond donors (Lipinski definition) is 2. The quantitative estimate of drug-likeness (QED) is 0.422. The Kier molecular flexibility index (Phi) is 9.97. The lowest BCUT2D eigenvalue weighted by atomic mass is 10.4. The molecule has 132 valence electrons. The van der Waals surface area contributed by atoms with Crippen molar-refractivity contribution in [2.75, 3.05) is 56.3 Å². The van der Waals surface area contributed by atoms with Crippen LogP contribution in [-0.2, 0) is 9.47 Å². The molecule has 1 heterocycles. The maximum absolute atomic E-state index is 5.70. The summed E-state index contributed by atoms with van der Waals surface area (Å²) in [6, 6.07) is 0. The van der Waals surface area contributed by atoms with E-state index in [9.17, 15) is 0 Å². The van der Waals surface area contributed by atoms with Crippen LogP contribution in [0.25, 0.3) is 0 Å². The van der Waals surface area contributed by atoms with Crippen molar-refractivity contribution in [3.8, 4) is 0 Å². The van der Waals surface area contributed by atoms with Crippen molar-refractivity contribution in [3.63, 3.8) is 0 Å². The van der Waals surface area contributed by atoms with Crippen LogP contribution in [0.1, 0.15) is 39.5 Å². The maximum Gasteiger partial charge on any atom is 0.235 e. The van der Waals surface area contributed by atoms with E-state index in [4.69, 9.17) is 9.47 Å². The standard InChI is InChI=1S/C15H30N6O2/c1-5-7-9-22-11-21(12-23-10-8-6-2)15-19-13(16-3)18-14(17-4)20-15/h5-12H2,1-4H3,(H2,16,17,18,19,20). The highest BCUT2D eigenvalue weighted by Crippen LogP contribution is 2.13. The molecule has 0 spiro atoms. The third-order valence-corrected chi connectivity index (χ3v) is 3.13. The van der Waals surface area contributed by atoms with Crippen molar-refractivity contribution < 1.29 is 9.47 Å². The first-order chi connectivity index (χ1) is 11.2. The number of nitrogens with one attached hydrogen (secondary N) is 2. The van der Waals surface area contributed by atoms with Gasteiger partial charge in [0.05, 0.1) is 0 Å². The topological polar surface area (TPSA) is 84.4 Å². The molecule has 8 nitrogen and oxygen atoms in total. The lowest BCUT2D eigenvalue weighted by Gasteiger charge is -2.23. The van der Waals surface area contributed by atoms with Crippen molar-refractivity contribution in [2.45, 2.75) is 39.5 Å². The largest absolute Gasteiger partial charge is 0.361 e. The van der Waals surface area contributed by atoms with E-state index >= 15 is 0 Å². The smallest absolute Gasteiger partial charge is 0.235 e. The van der Waals surface area contributed by atoms with E-state index < -0.39 is 0 Å². The molecule has 8 heteroatoms. The van der Waals surface area contributed by atoms with Crippen molar-refractivity contribution in [2.24, 2.45) is 0 Å². The van der Waals surface area contributed by atoms with Gasteiger partial charge in [0.1, 0.15) is 13.5 Å². The fourth-order valence-corrected chi connectivity index (χ4v) is 1.72. The van der Waals surface area contributed by atoms with Gasteiger partial charge in [-0.15, -0.1) is 0 Å². The maximum atomic E-state index is 5.70. The molecule has 0 aliphatic heterocycles. The van der Waals surface area contributed by atoms with Crippen LogP contribution in [0.15, 0.2) is 0 Å². The first-order valence-corrected chi connectivity index (χ1v) is 8.27. The summed E-state index contributed by atoms with van der Waals surface area (Å²) in [5.41, 5.74) is 0. The van der Waals surface area contributed by atoms with Crippen molar-refractivity contribution in [3.05, 3.63) is 0 Å². The van der Waals surface area contributed by atoms with E-state index in [-0.39, 0.29) is 0 Å². The number of rotatable bonds is 13. The minimum Gasteiger partial charge on any atom is -0.361 e. The van der Waals surface area contributed by atoms with Gasteiger partial charge in [-0.2, -0.15) is 15.0 Å². The molecule has 0 aromatic carbocycles. The third kappa shape index (κ3) is 7.43. The molecule has 0 radical (unpaired) electrons. The fraction of sp³-hybridized carbons (Fsp3) is 0.800. The molecule has 0 atom stereocenters. The Morgan fingerprint density at radius 3 is 1.70 bits per heavy atom. The SMILES string of the molecule is CCCCOCN(COCCCC)c1nc(NC)nc(NC)n1. The van der Waals surface area contributed by atoms with E-state index in [1.165, 1.54) is 0 Å². The lowest BCUT2D eigenvalue weighted by molar-refractivity contribution is 0.0812. The minimum atomic E-state index is 0.391. The van der Waals surface area contributed by atoms with Crippen LogP contribution in [0.4, 0.5) is 17.8 Å². The van der Waals surface area contributed by atoms with E-state index in [2.05, 4.69) is 39.4 Å². The molecule has 1 aromatic rings. The fourth-order valence-electron chi connectivity index (χ4n) is 1.72. The normalized spacial score (nSPS) is 10.6. The molecule has 0 amide bonds. The molecule has 0 aliphatic carbocycles. The number of unbranched alkanes of at least 4 members (excludes halogenated alkanes) is 2. The number of hydrogen-bond acceptors (Lipinski definition) is 8. The lowest BCUT2D eigenvalue weighted by Crippen LogP contribution is -2.31. The molecular weight excluding hydrogens is 296 g/mol. The summed E-state index contributed by atoms with van der Waals surface area (Å²) in [6.07, 6.45) is 4.27. The van der Waals surface area contributed by atoms with Crippen LogP contribution >= 0.6 is 0 Å². The van der Waals surface area contributed by atoms with Crippen LogP contribution in [-0.4, -0.2) is 55.7 Å². The summed E-state index contributed by atoms with van der Waals surface area (Å²) in [7, 11) is 3.55. The Labute approximate surface area is 139 Å². The van der Waals surface area contributed by atoms with Crippen LogP contribution in [0.2, 0.25) is 0 Å². The Bertz CT molecular complexity index is 398. The molecule has 0 aliphatic rings. The molecular formula is C15H30N6O2.